The quantitative estimate of drug-likeness (QED) is 0.871. The zero-order chi connectivity index (χ0) is 19.6. The number of hydrogen-bond donors (Lipinski definition) is 2. The van der Waals surface area contributed by atoms with Gasteiger partial charge in [-0.1, -0.05) is 12.1 Å². The second-order valence-electron chi connectivity index (χ2n) is 6.12. The van der Waals surface area contributed by atoms with E-state index in [1.807, 2.05) is 0 Å². The van der Waals surface area contributed by atoms with E-state index in [9.17, 15) is 22.8 Å². The number of aryl methyl sites for hydroxylation is 2. The van der Waals surface area contributed by atoms with Gasteiger partial charge in [0.25, 0.3) is 11.8 Å². The molecule has 2 amide bonds. The molecule has 0 saturated heterocycles. The minimum atomic E-state index is -4.65. The number of amides is 2. The van der Waals surface area contributed by atoms with E-state index in [0.29, 0.717) is 11.6 Å². The van der Waals surface area contributed by atoms with Crippen molar-refractivity contribution in [1.29, 1.82) is 0 Å². The van der Waals surface area contributed by atoms with Gasteiger partial charge in [0.1, 0.15) is 5.69 Å². The summed E-state index contributed by atoms with van der Waals surface area (Å²) in [6.07, 6.45) is -4.65. The van der Waals surface area contributed by atoms with Gasteiger partial charge in [-0.3, -0.25) is 14.3 Å². The third-order valence-electron chi connectivity index (χ3n) is 3.58. The standard InChI is InChI=1S/C17H19F3N4O2/c1-9(2)21-15(25)11-7-5-6-10(3)14(11)22-16(26)12-8-13(17(18,19)20)23-24(12)4/h5-9H,1-4H3,(H,21,25)(H,22,26). The Kier molecular flexibility index (Phi) is 5.38. The lowest BCUT2D eigenvalue weighted by Crippen LogP contribution is -2.31. The molecule has 140 valence electrons. The molecule has 1 aromatic heterocycles. The van der Waals surface area contributed by atoms with Crippen LogP contribution >= 0.6 is 0 Å². The molecule has 2 rings (SSSR count). The van der Waals surface area contributed by atoms with Gasteiger partial charge in [0, 0.05) is 19.2 Å². The van der Waals surface area contributed by atoms with E-state index in [1.165, 1.54) is 13.1 Å². The van der Waals surface area contributed by atoms with Crippen LogP contribution < -0.4 is 10.6 Å². The Hall–Kier alpha value is -2.84. The number of rotatable bonds is 4. The van der Waals surface area contributed by atoms with Gasteiger partial charge in [0.15, 0.2) is 5.69 Å². The number of aromatic nitrogens is 2. The van der Waals surface area contributed by atoms with Crippen molar-refractivity contribution < 1.29 is 22.8 Å². The molecule has 0 saturated carbocycles. The van der Waals surface area contributed by atoms with Gasteiger partial charge in [-0.2, -0.15) is 18.3 Å². The molecule has 0 unspecified atom stereocenters. The zero-order valence-corrected chi connectivity index (χ0v) is 14.7. The number of alkyl halides is 3. The van der Waals surface area contributed by atoms with Crippen LogP contribution in [0.3, 0.4) is 0 Å². The van der Waals surface area contributed by atoms with Gasteiger partial charge in [0.05, 0.1) is 11.3 Å². The van der Waals surface area contributed by atoms with Crippen molar-refractivity contribution in [2.75, 3.05) is 5.32 Å². The molecule has 1 heterocycles. The first kappa shape index (κ1) is 19.5. The van der Waals surface area contributed by atoms with Crippen LogP contribution in [0.4, 0.5) is 18.9 Å². The van der Waals surface area contributed by atoms with Gasteiger partial charge in [-0.15, -0.1) is 0 Å². The third kappa shape index (κ3) is 4.22. The number of hydrogen-bond acceptors (Lipinski definition) is 3. The second kappa shape index (κ2) is 7.19. The number of halogens is 3. The smallest absolute Gasteiger partial charge is 0.350 e. The van der Waals surface area contributed by atoms with E-state index in [2.05, 4.69) is 15.7 Å². The van der Waals surface area contributed by atoms with Crippen molar-refractivity contribution in [2.45, 2.75) is 33.0 Å². The van der Waals surface area contributed by atoms with E-state index in [0.717, 1.165) is 4.68 Å². The summed E-state index contributed by atoms with van der Waals surface area (Å²) >= 11 is 0. The maximum Gasteiger partial charge on any atom is 0.435 e. The lowest BCUT2D eigenvalue weighted by Gasteiger charge is -2.15. The summed E-state index contributed by atoms with van der Waals surface area (Å²) in [6, 6.07) is 5.43. The number of nitrogens with zero attached hydrogens (tertiary/aromatic N) is 2. The largest absolute Gasteiger partial charge is 0.435 e. The fraction of sp³-hybridized carbons (Fsp3) is 0.353. The summed E-state index contributed by atoms with van der Waals surface area (Å²) in [6.45, 7) is 5.27. The van der Waals surface area contributed by atoms with Gasteiger partial charge in [0.2, 0.25) is 0 Å². The highest BCUT2D eigenvalue weighted by molar-refractivity contribution is 6.09. The van der Waals surface area contributed by atoms with E-state index < -0.39 is 17.8 Å². The average molecular weight is 368 g/mol. The SMILES string of the molecule is Cc1cccc(C(=O)NC(C)C)c1NC(=O)c1cc(C(F)(F)F)nn1C. The summed E-state index contributed by atoms with van der Waals surface area (Å²) in [7, 11) is 1.24. The highest BCUT2D eigenvalue weighted by Crippen LogP contribution is 2.29. The fourth-order valence-corrected chi connectivity index (χ4v) is 2.36. The maximum atomic E-state index is 12.8. The zero-order valence-electron chi connectivity index (χ0n) is 14.7. The number of para-hydroxylation sites is 1. The van der Waals surface area contributed by atoms with Crippen LogP contribution in [0, 0.1) is 6.92 Å². The van der Waals surface area contributed by atoms with Crippen molar-refractivity contribution in [2.24, 2.45) is 7.05 Å². The van der Waals surface area contributed by atoms with E-state index >= 15 is 0 Å². The van der Waals surface area contributed by atoms with E-state index in [4.69, 9.17) is 0 Å². The predicted octanol–water partition coefficient (Wildman–Crippen LogP) is 3.14. The molecule has 0 bridgehead atoms. The van der Waals surface area contributed by atoms with Gasteiger partial charge >= 0.3 is 6.18 Å². The van der Waals surface area contributed by atoms with Gasteiger partial charge in [-0.25, -0.2) is 0 Å². The number of carbonyl (C=O) groups is 2. The van der Waals surface area contributed by atoms with Crippen LogP contribution in [0.1, 0.15) is 46.0 Å². The Labute approximate surface area is 148 Å². The normalized spacial score (nSPS) is 11.5. The Morgan fingerprint density at radius 3 is 2.38 bits per heavy atom. The van der Waals surface area contributed by atoms with Crippen molar-refractivity contribution in [3.8, 4) is 0 Å². The number of carbonyl (C=O) groups excluding carboxylic acids is 2. The monoisotopic (exact) mass is 368 g/mol. The van der Waals surface area contributed by atoms with E-state index in [1.54, 1.807) is 32.9 Å². The lowest BCUT2D eigenvalue weighted by atomic mass is 10.1. The van der Waals surface area contributed by atoms with Crippen molar-refractivity contribution >= 4 is 17.5 Å². The molecule has 0 aliphatic carbocycles. The number of benzene rings is 1. The molecule has 0 atom stereocenters. The van der Waals surface area contributed by atoms with Crippen LogP contribution in [0.2, 0.25) is 0 Å². The van der Waals surface area contributed by atoms with Gasteiger partial charge < -0.3 is 10.6 Å². The summed E-state index contributed by atoms with van der Waals surface area (Å²) in [5.41, 5.74) is -0.354. The molecule has 0 spiro atoms. The second-order valence-corrected chi connectivity index (χ2v) is 6.12. The average Bonchev–Trinajstić information content (AvgIpc) is 2.90. The van der Waals surface area contributed by atoms with E-state index in [-0.39, 0.29) is 28.9 Å². The van der Waals surface area contributed by atoms with Crippen molar-refractivity contribution in [3.63, 3.8) is 0 Å². The number of anilines is 1. The molecule has 0 radical (unpaired) electrons. The Morgan fingerprint density at radius 1 is 1.19 bits per heavy atom. The molecular formula is C17H19F3N4O2. The van der Waals surface area contributed by atoms with Crippen LogP contribution in [0.25, 0.3) is 0 Å². The summed E-state index contributed by atoms with van der Waals surface area (Å²) in [5, 5.41) is 8.56. The maximum absolute atomic E-state index is 12.8. The summed E-state index contributed by atoms with van der Waals surface area (Å²) in [5.74, 6) is -1.18. The molecule has 0 aliphatic rings. The van der Waals surface area contributed by atoms with Crippen molar-refractivity contribution in [3.05, 3.63) is 46.8 Å². The Bertz CT molecular complexity index is 841. The molecule has 2 aromatic rings. The first-order valence-corrected chi connectivity index (χ1v) is 7.83. The first-order chi connectivity index (χ1) is 12.0. The molecule has 9 heteroatoms. The fourth-order valence-electron chi connectivity index (χ4n) is 2.36. The molecule has 1 aromatic carbocycles. The minimum absolute atomic E-state index is 0.113. The van der Waals surface area contributed by atoms with Crippen LogP contribution in [-0.2, 0) is 13.2 Å². The van der Waals surface area contributed by atoms with Crippen LogP contribution in [0.15, 0.2) is 24.3 Å². The molecule has 2 N–H and O–H groups in total. The highest BCUT2D eigenvalue weighted by atomic mass is 19.4. The third-order valence-corrected chi connectivity index (χ3v) is 3.58. The molecule has 6 nitrogen and oxygen atoms in total. The van der Waals surface area contributed by atoms with Crippen LogP contribution in [-0.4, -0.2) is 27.6 Å². The minimum Gasteiger partial charge on any atom is -0.350 e. The van der Waals surface area contributed by atoms with Crippen molar-refractivity contribution in [1.82, 2.24) is 15.1 Å². The predicted molar refractivity (Wildman–Crippen MR) is 89.9 cm³/mol. The molecule has 26 heavy (non-hydrogen) atoms. The number of nitrogens with one attached hydrogen (secondary N) is 2. The molecule has 0 aliphatic heterocycles. The lowest BCUT2D eigenvalue weighted by molar-refractivity contribution is -0.141. The Balaban J connectivity index is 2.35. The topological polar surface area (TPSA) is 76.0 Å². The molecule has 0 fully saturated rings. The Morgan fingerprint density at radius 2 is 1.85 bits per heavy atom. The highest BCUT2D eigenvalue weighted by Gasteiger charge is 2.35. The first-order valence-electron chi connectivity index (χ1n) is 7.83. The van der Waals surface area contributed by atoms with Gasteiger partial charge in [-0.05, 0) is 32.4 Å². The summed E-state index contributed by atoms with van der Waals surface area (Å²) in [4.78, 5) is 24.8. The molecular weight excluding hydrogens is 349 g/mol. The van der Waals surface area contributed by atoms with Crippen LogP contribution in [0.5, 0.6) is 0 Å². The summed E-state index contributed by atoms with van der Waals surface area (Å²) < 4.78 is 39.2.